The second kappa shape index (κ2) is 7.71. The van der Waals surface area contributed by atoms with Gasteiger partial charge in [0.15, 0.2) is 0 Å². The van der Waals surface area contributed by atoms with E-state index in [1.54, 1.807) is 6.07 Å². The van der Waals surface area contributed by atoms with E-state index in [1.165, 1.54) is 0 Å². The quantitative estimate of drug-likeness (QED) is 0.542. The number of hydrogen-bond donors (Lipinski definition) is 2. The molecule has 0 unspecified atom stereocenters. The number of nitrogens with one attached hydrogen (secondary N) is 2. The van der Waals surface area contributed by atoms with Crippen LogP contribution in [0.4, 0.5) is 5.69 Å². The Hall–Kier alpha value is -3.74. The molecule has 4 aromatic rings. The van der Waals surface area contributed by atoms with Gasteiger partial charge in [-0.2, -0.15) is 4.98 Å². The van der Waals surface area contributed by atoms with Crippen LogP contribution in [0, 0.1) is 13.8 Å². The number of pyridine rings is 1. The van der Waals surface area contributed by atoms with E-state index in [4.69, 9.17) is 4.52 Å². The molecule has 1 amide bonds. The van der Waals surface area contributed by atoms with Crippen LogP contribution in [0.25, 0.3) is 22.3 Å². The Morgan fingerprint density at radius 2 is 1.90 bits per heavy atom. The molecule has 2 aromatic carbocycles. The lowest BCUT2D eigenvalue weighted by Gasteiger charge is -2.06. The van der Waals surface area contributed by atoms with Crippen molar-refractivity contribution < 1.29 is 9.32 Å². The van der Waals surface area contributed by atoms with Crippen LogP contribution in [-0.2, 0) is 11.2 Å². The Morgan fingerprint density at radius 3 is 2.72 bits per heavy atom. The van der Waals surface area contributed by atoms with Gasteiger partial charge in [0.2, 0.25) is 17.6 Å². The van der Waals surface area contributed by atoms with Crippen molar-refractivity contribution in [2.24, 2.45) is 0 Å². The molecule has 29 heavy (non-hydrogen) atoms. The Balaban J connectivity index is 1.48. The van der Waals surface area contributed by atoms with E-state index in [0.717, 1.165) is 27.7 Å². The lowest BCUT2D eigenvalue weighted by molar-refractivity contribution is -0.116. The molecule has 0 radical (unpaired) electrons. The standard InChI is InChI=1S/C22H20N4O3/c1-13-6-3-4-9-17(13)23-18(27)10-11-19-24-21(26-29-19)16-12-15-8-5-7-14(2)20(15)25-22(16)28/h3-9,12H,10-11H2,1-2H3,(H,23,27)(H,25,28). The van der Waals surface area contributed by atoms with Crippen LogP contribution in [0.1, 0.15) is 23.4 Å². The molecule has 4 rings (SSSR count). The van der Waals surface area contributed by atoms with Crippen LogP contribution in [0.15, 0.2) is 57.8 Å². The number of carbonyl (C=O) groups is 1. The summed E-state index contributed by atoms with van der Waals surface area (Å²) in [6, 6.07) is 15.1. The van der Waals surface area contributed by atoms with Crippen LogP contribution in [0.3, 0.4) is 0 Å². The van der Waals surface area contributed by atoms with E-state index in [-0.39, 0.29) is 30.1 Å². The Labute approximate surface area is 166 Å². The summed E-state index contributed by atoms with van der Waals surface area (Å²) in [5.41, 5.74) is 3.60. The van der Waals surface area contributed by atoms with Gasteiger partial charge in [-0.15, -0.1) is 0 Å². The molecule has 0 aliphatic heterocycles. The van der Waals surface area contributed by atoms with Gasteiger partial charge >= 0.3 is 0 Å². The lowest BCUT2D eigenvalue weighted by atomic mass is 10.1. The molecule has 2 aromatic heterocycles. The van der Waals surface area contributed by atoms with Gasteiger partial charge in [-0.05, 0) is 42.5 Å². The van der Waals surface area contributed by atoms with Crippen molar-refractivity contribution in [3.8, 4) is 11.4 Å². The number of aromatic amines is 1. The number of nitrogens with zero attached hydrogens (tertiary/aromatic N) is 2. The lowest BCUT2D eigenvalue weighted by Crippen LogP contribution is -2.13. The monoisotopic (exact) mass is 388 g/mol. The summed E-state index contributed by atoms with van der Waals surface area (Å²) >= 11 is 0. The van der Waals surface area contributed by atoms with Gasteiger partial charge in [-0.1, -0.05) is 41.6 Å². The summed E-state index contributed by atoms with van der Waals surface area (Å²) < 4.78 is 5.24. The fourth-order valence-corrected chi connectivity index (χ4v) is 3.16. The average molecular weight is 388 g/mol. The maximum atomic E-state index is 12.5. The van der Waals surface area contributed by atoms with Gasteiger partial charge in [0, 0.05) is 18.5 Å². The number of carbonyl (C=O) groups excluding carboxylic acids is 1. The van der Waals surface area contributed by atoms with Crippen molar-refractivity contribution in [1.29, 1.82) is 0 Å². The van der Waals surface area contributed by atoms with Crippen molar-refractivity contribution in [2.45, 2.75) is 26.7 Å². The number of rotatable bonds is 5. The first-order valence-electron chi connectivity index (χ1n) is 9.32. The van der Waals surface area contributed by atoms with Gasteiger partial charge in [0.1, 0.15) is 0 Å². The third kappa shape index (κ3) is 3.94. The van der Waals surface area contributed by atoms with E-state index in [9.17, 15) is 9.59 Å². The maximum Gasteiger partial charge on any atom is 0.259 e. The van der Waals surface area contributed by atoms with Crippen LogP contribution in [-0.4, -0.2) is 21.0 Å². The predicted molar refractivity (Wildman–Crippen MR) is 111 cm³/mol. The second-order valence-corrected chi connectivity index (χ2v) is 6.93. The number of amides is 1. The number of hydrogen-bond acceptors (Lipinski definition) is 5. The fourth-order valence-electron chi connectivity index (χ4n) is 3.16. The zero-order valence-corrected chi connectivity index (χ0v) is 16.2. The highest BCUT2D eigenvalue weighted by molar-refractivity contribution is 5.91. The zero-order chi connectivity index (χ0) is 20.4. The summed E-state index contributed by atoms with van der Waals surface area (Å²) in [5.74, 6) is 0.380. The van der Waals surface area contributed by atoms with E-state index >= 15 is 0 Å². The number of H-pyrrole nitrogens is 1. The number of para-hydroxylation sites is 2. The molecule has 0 atom stereocenters. The van der Waals surface area contributed by atoms with Crippen molar-refractivity contribution in [3.63, 3.8) is 0 Å². The van der Waals surface area contributed by atoms with E-state index < -0.39 is 0 Å². The van der Waals surface area contributed by atoms with E-state index in [1.807, 2.05) is 56.3 Å². The zero-order valence-electron chi connectivity index (χ0n) is 16.2. The first kappa shape index (κ1) is 18.6. The third-order valence-corrected chi connectivity index (χ3v) is 4.78. The first-order valence-corrected chi connectivity index (χ1v) is 9.32. The van der Waals surface area contributed by atoms with Crippen molar-refractivity contribution in [1.82, 2.24) is 15.1 Å². The normalized spacial score (nSPS) is 11.0. The highest BCUT2D eigenvalue weighted by atomic mass is 16.5. The number of aryl methyl sites for hydroxylation is 3. The summed E-state index contributed by atoms with van der Waals surface area (Å²) in [6.45, 7) is 3.87. The van der Waals surface area contributed by atoms with Crippen LogP contribution >= 0.6 is 0 Å². The van der Waals surface area contributed by atoms with Crippen LogP contribution < -0.4 is 10.9 Å². The molecule has 0 aliphatic carbocycles. The highest BCUT2D eigenvalue weighted by Gasteiger charge is 2.15. The Kier molecular flexibility index (Phi) is 4.95. The summed E-state index contributed by atoms with van der Waals surface area (Å²) in [6.07, 6.45) is 0.485. The molecule has 0 saturated carbocycles. The predicted octanol–water partition coefficient (Wildman–Crippen LogP) is 3.77. The SMILES string of the molecule is Cc1ccccc1NC(=O)CCc1nc(-c2cc3cccc(C)c3[nH]c2=O)no1. The molecule has 7 heteroatoms. The molecule has 0 spiro atoms. The number of benzene rings is 2. The molecular weight excluding hydrogens is 368 g/mol. The third-order valence-electron chi connectivity index (χ3n) is 4.78. The van der Waals surface area contributed by atoms with Gasteiger partial charge in [0.05, 0.1) is 11.1 Å². The molecule has 0 fully saturated rings. The number of fused-ring (bicyclic) bond motifs is 1. The van der Waals surface area contributed by atoms with Crippen LogP contribution in [0.2, 0.25) is 0 Å². The van der Waals surface area contributed by atoms with Crippen molar-refractivity contribution in [3.05, 3.63) is 75.9 Å². The van der Waals surface area contributed by atoms with Crippen molar-refractivity contribution in [2.75, 3.05) is 5.32 Å². The number of aromatic nitrogens is 3. The minimum Gasteiger partial charge on any atom is -0.339 e. The molecule has 2 heterocycles. The van der Waals surface area contributed by atoms with Crippen LogP contribution in [0.5, 0.6) is 0 Å². The second-order valence-electron chi connectivity index (χ2n) is 6.93. The molecule has 2 N–H and O–H groups in total. The van der Waals surface area contributed by atoms with Gasteiger partial charge in [-0.3, -0.25) is 9.59 Å². The summed E-state index contributed by atoms with van der Waals surface area (Å²) in [7, 11) is 0. The Bertz CT molecular complexity index is 1260. The first-order chi connectivity index (χ1) is 14.0. The molecule has 7 nitrogen and oxygen atoms in total. The average Bonchev–Trinajstić information content (AvgIpc) is 3.17. The van der Waals surface area contributed by atoms with Gasteiger partial charge in [0.25, 0.3) is 5.56 Å². The van der Waals surface area contributed by atoms with E-state index in [2.05, 4.69) is 20.4 Å². The highest BCUT2D eigenvalue weighted by Crippen LogP contribution is 2.20. The topological polar surface area (TPSA) is 101 Å². The molecule has 0 bridgehead atoms. The molecule has 146 valence electrons. The summed E-state index contributed by atoms with van der Waals surface area (Å²) in [5, 5.41) is 7.68. The minimum atomic E-state index is -0.281. The van der Waals surface area contributed by atoms with Crippen molar-refractivity contribution >= 4 is 22.5 Å². The molecule has 0 aliphatic rings. The minimum absolute atomic E-state index is 0.141. The Morgan fingerprint density at radius 1 is 1.10 bits per heavy atom. The van der Waals surface area contributed by atoms with E-state index in [0.29, 0.717) is 11.5 Å². The smallest absolute Gasteiger partial charge is 0.259 e. The van der Waals surface area contributed by atoms with Gasteiger partial charge in [-0.25, -0.2) is 0 Å². The summed E-state index contributed by atoms with van der Waals surface area (Å²) in [4.78, 5) is 31.8. The molecule has 0 saturated heterocycles. The maximum absolute atomic E-state index is 12.5. The molecular formula is C22H20N4O3. The largest absolute Gasteiger partial charge is 0.339 e. The number of anilines is 1. The fraction of sp³-hybridized carbons (Fsp3) is 0.182. The van der Waals surface area contributed by atoms with Gasteiger partial charge < -0.3 is 14.8 Å².